The van der Waals surface area contributed by atoms with Crippen molar-refractivity contribution < 1.29 is 64.3 Å². The third-order valence-corrected chi connectivity index (χ3v) is 3.98. The molecule has 1 aromatic carbocycles. The fourth-order valence-electron chi connectivity index (χ4n) is 2.78. The van der Waals surface area contributed by atoms with Crippen LogP contribution in [0, 0.1) is 13.8 Å². The van der Waals surface area contributed by atoms with E-state index >= 15 is 0 Å². The fourth-order valence-corrected chi connectivity index (χ4v) is 2.78. The van der Waals surface area contributed by atoms with Crippen LogP contribution < -0.4 is 67.9 Å². The Bertz CT molecular complexity index is 502. The van der Waals surface area contributed by atoms with Crippen molar-refractivity contribution in [3.63, 3.8) is 0 Å². The SMILES string of the molecule is Cc1c(N)cc(CN2CCNCC2)c(C)c1[B-](F)(F)F.[K+]. The van der Waals surface area contributed by atoms with Crippen LogP contribution in [0.15, 0.2) is 6.07 Å². The summed E-state index contributed by atoms with van der Waals surface area (Å²) in [5.74, 6) is 0. The van der Waals surface area contributed by atoms with Crippen LogP contribution in [0.2, 0.25) is 0 Å². The fraction of sp³-hybridized carbons (Fsp3) is 0.538. The van der Waals surface area contributed by atoms with Gasteiger partial charge in [-0.2, -0.15) is 0 Å². The molecule has 0 aromatic heterocycles. The first kappa shape index (κ1) is 19.5. The number of hydrogen-bond acceptors (Lipinski definition) is 3. The number of nitrogens with zero attached hydrogens (tertiary/aromatic N) is 1. The van der Waals surface area contributed by atoms with Gasteiger partial charge < -0.3 is 24.0 Å². The van der Waals surface area contributed by atoms with Crippen molar-refractivity contribution in [1.82, 2.24) is 10.2 Å². The zero-order chi connectivity index (χ0) is 14.9. The molecule has 3 N–H and O–H groups in total. The van der Waals surface area contributed by atoms with E-state index in [0.717, 1.165) is 26.2 Å². The molecule has 1 saturated heterocycles. The van der Waals surface area contributed by atoms with Gasteiger partial charge in [0.2, 0.25) is 0 Å². The average molecular weight is 325 g/mol. The first-order chi connectivity index (χ1) is 9.30. The van der Waals surface area contributed by atoms with E-state index in [1.807, 2.05) is 0 Å². The van der Waals surface area contributed by atoms with Crippen LogP contribution in [0.4, 0.5) is 18.6 Å². The van der Waals surface area contributed by atoms with E-state index in [9.17, 15) is 12.9 Å². The van der Waals surface area contributed by atoms with Crippen molar-refractivity contribution in [3.05, 3.63) is 22.8 Å². The van der Waals surface area contributed by atoms with Crippen LogP contribution in [-0.4, -0.2) is 38.1 Å². The number of piperazine rings is 1. The molecule has 0 aliphatic carbocycles. The molecule has 0 spiro atoms. The normalized spacial score (nSPS) is 16.6. The Labute approximate surface area is 166 Å². The van der Waals surface area contributed by atoms with Gasteiger partial charge in [-0.1, -0.05) is 11.1 Å². The Morgan fingerprint density at radius 3 is 2.29 bits per heavy atom. The first-order valence-electron chi connectivity index (χ1n) is 6.82. The third kappa shape index (κ3) is 4.70. The number of halogens is 3. The van der Waals surface area contributed by atoms with Crippen LogP contribution in [0.3, 0.4) is 0 Å². The number of hydrogen-bond donors (Lipinski definition) is 2. The van der Waals surface area contributed by atoms with Crippen molar-refractivity contribution >= 4 is 18.1 Å². The number of rotatable bonds is 3. The molecule has 2 rings (SSSR count). The van der Waals surface area contributed by atoms with Crippen LogP contribution in [0.1, 0.15) is 16.7 Å². The van der Waals surface area contributed by atoms with E-state index < -0.39 is 12.4 Å². The number of nitrogens with one attached hydrogen (secondary N) is 1. The Morgan fingerprint density at radius 2 is 1.76 bits per heavy atom. The van der Waals surface area contributed by atoms with E-state index in [4.69, 9.17) is 5.73 Å². The minimum Gasteiger partial charge on any atom is -0.445 e. The van der Waals surface area contributed by atoms with Crippen LogP contribution in [0.25, 0.3) is 0 Å². The summed E-state index contributed by atoms with van der Waals surface area (Å²) in [5, 5.41) is 3.23. The maximum atomic E-state index is 13.2. The summed E-state index contributed by atoms with van der Waals surface area (Å²) in [4.78, 5) is 2.15. The third-order valence-electron chi connectivity index (χ3n) is 3.98. The smallest absolute Gasteiger partial charge is 0.445 e. The molecule has 8 heteroatoms. The maximum Gasteiger partial charge on any atom is 1.00 e. The Kier molecular flexibility index (Phi) is 7.24. The zero-order valence-electron chi connectivity index (χ0n) is 12.8. The molecule has 0 radical (unpaired) electrons. The van der Waals surface area contributed by atoms with Crippen LogP contribution in [0.5, 0.6) is 0 Å². The second-order valence-corrected chi connectivity index (χ2v) is 5.39. The van der Waals surface area contributed by atoms with Crippen molar-refractivity contribution in [2.45, 2.75) is 20.4 Å². The molecule has 0 atom stereocenters. The summed E-state index contributed by atoms with van der Waals surface area (Å²) in [6.07, 6.45) is 0. The molecule has 0 amide bonds. The minimum atomic E-state index is -5.04. The maximum absolute atomic E-state index is 13.2. The molecular weight excluding hydrogens is 305 g/mol. The number of nitrogen functional groups attached to an aromatic ring is 1. The van der Waals surface area contributed by atoms with Gasteiger partial charge in [-0.25, -0.2) is 0 Å². The zero-order valence-corrected chi connectivity index (χ0v) is 16.0. The Hall–Kier alpha value is 0.431. The summed E-state index contributed by atoms with van der Waals surface area (Å²) < 4.78 is 39.7. The van der Waals surface area contributed by atoms with Gasteiger partial charge in [-0.15, -0.1) is 5.46 Å². The van der Waals surface area contributed by atoms with Gasteiger partial charge in [0.05, 0.1) is 0 Å². The molecule has 112 valence electrons. The summed E-state index contributed by atoms with van der Waals surface area (Å²) in [5.41, 5.74) is 6.64. The van der Waals surface area contributed by atoms with E-state index in [-0.39, 0.29) is 62.6 Å². The number of anilines is 1. The standard InChI is InChI=1S/C13H20BF3N3.K/c1-9-11(8-20-5-3-19-4-6-20)7-12(18)10(2)13(9)14(15,16)17;/h7,19H,3-6,8,18H2,1-2H3;/q-1;+1. The van der Waals surface area contributed by atoms with Gasteiger partial charge in [-0.3, -0.25) is 4.90 Å². The Balaban J connectivity index is 0.00000220. The predicted molar refractivity (Wildman–Crippen MR) is 77.2 cm³/mol. The van der Waals surface area contributed by atoms with E-state index in [0.29, 0.717) is 17.7 Å². The largest absolute Gasteiger partial charge is 1.00 e. The van der Waals surface area contributed by atoms with E-state index in [2.05, 4.69) is 10.2 Å². The van der Waals surface area contributed by atoms with Crippen LogP contribution in [-0.2, 0) is 6.54 Å². The molecule has 0 unspecified atom stereocenters. The molecule has 1 heterocycles. The molecule has 1 aromatic rings. The first-order valence-corrected chi connectivity index (χ1v) is 6.82. The summed E-state index contributed by atoms with van der Waals surface area (Å²) in [7, 11) is 0. The van der Waals surface area contributed by atoms with Gasteiger partial charge in [-0.05, 0) is 25.5 Å². The van der Waals surface area contributed by atoms with Crippen LogP contribution >= 0.6 is 0 Å². The molecule has 0 bridgehead atoms. The molecule has 3 nitrogen and oxygen atoms in total. The summed E-state index contributed by atoms with van der Waals surface area (Å²) >= 11 is 0. The summed E-state index contributed by atoms with van der Waals surface area (Å²) in [6.45, 7) is 1.92. The van der Waals surface area contributed by atoms with Gasteiger partial charge in [0.1, 0.15) is 0 Å². The van der Waals surface area contributed by atoms with Gasteiger partial charge in [0.25, 0.3) is 0 Å². The number of benzene rings is 1. The Morgan fingerprint density at radius 1 is 1.19 bits per heavy atom. The second kappa shape index (κ2) is 7.81. The molecule has 1 fully saturated rings. The average Bonchev–Trinajstić information content (AvgIpc) is 2.36. The van der Waals surface area contributed by atoms with Crippen molar-refractivity contribution in [2.24, 2.45) is 0 Å². The van der Waals surface area contributed by atoms with Gasteiger partial charge >= 0.3 is 58.4 Å². The predicted octanol–water partition coefficient (Wildman–Crippen LogP) is -1.65. The monoisotopic (exact) mass is 325 g/mol. The molecule has 21 heavy (non-hydrogen) atoms. The van der Waals surface area contributed by atoms with E-state index in [1.54, 1.807) is 13.0 Å². The second-order valence-electron chi connectivity index (χ2n) is 5.39. The quantitative estimate of drug-likeness (QED) is 0.517. The van der Waals surface area contributed by atoms with Crippen molar-refractivity contribution in [3.8, 4) is 0 Å². The topological polar surface area (TPSA) is 41.3 Å². The van der Waals surface area contributed by atoms with Gasteiger partial charge in [0.15, 0.2) is 0 Å². The minimum absolute atomic E-state index is 0. The van der Waals surface area contributed by atoms with Crippen molar-refractivity contribution in [1.29, 1.82) is 0 Å². The number of nitrogens with two attached hydrogens (primary N) is 1. The molecule has 0 saturated carbocycles. The molecular formula is C13H20BF3KN3. The summed E-state index contributed by atoms with van der Waals surface area (Å²) in [6, 6.07) is 1.69. The van der Waals surface area contributed by atoms with E-state index in [1.165, 1.54) is 6.92 Å². The molecule has 1 aliphatic heterocycles. The van der Waals surface area contributed by atoms with Crippen molar-refractivity contribution in [2.75, 3.05) is 31.9 Å². The molecule has 1 aliphatic rings. The van der Waals surface area contributed by atoms with Gasteiger partial charge in [0, 0.05) is 38.4 Å².